The lowest BCUT2D eigenvalue weighted by molar-refractivity contribution is -0.139. The second kappa shape index (κ2) is 6.14. The molecule has 0 aliphatic heterocycles. The van der Waals surface area contributed by atoms with Crippen LogP contribution in [0.5, 0.6) is 5.75 Å². The molecule has 0 spiro atoms. The Morgan fingerprint density at radius 1 is 1.14 bits per heavy atom. The van der Waals surface area contributed by atoms with Crippen molar-refractivity contribution in [1.82, 2.24) is 4.90 Å². The number of fused-ring (bicyclic) bond motifs is 1. The largest absolute Gasteiger partial charge is 0.507 e. The summed E-state index contributed by atoms with van der Waals surface area (Å²) in [5.74, 6) is -0.632. The number of hydrogen-bond acceptors (Lipinski definition) is 3. The van der Waals surface area contributed by atoms with Gasteiger partial charge in [0, 0.05) is 23.0 Å². The van der Waals surface area contributed by atoms with Crippen LogP contribution in [0.15, 0.2) is 36.4 Å². The van der Waals surface area contributed by atoms with Crippen LogP contribution < -0.4 is 0 Å². The summed E-state index contributed by atoms with van der Waals surface area (Å²) in [5.41, 5.74) is 0.753. The second-order valence-electron chi connectivity index (χ2n) is 5.56. The van der Waals surface area contributed by atoms with Crippen molar-refractivity contribution in [2.24, 2.45) is 0 Å². The molecule has 1 unspecified atom stereocenters. The van der Waals surface area contributed by atoms with Gasteiger partial charge in [-0.2, -0.15) is 0 Å². The third-order valence-corrected chi connectivity index (χ3v) is 3.86. The van der Waals surface area contributed by atoms with Crippen molar-refractivity contribution in [3.05, 3.63) is 42.0 Å². The summed E-state index contributed by atoms with van der Waals surface area (Å²) in [6.07, 6.45) is 0. The first-order chi connectivity index (χ1) is 9.91. The highest BCUT2D eigenvalue weighted by atomic mass is 16.4. The Kier molecular flexibility index (Phi) is 4.48. The molecule has 0 aliphatic carbocycles. The zero-order chi connectivity index (χ0) is 15.6. The van der Waals surface area contributed by atoms with Gasteiger partial charge in [-0.1, -0.05) is 36.4 Å². The van der Waals surface area contributed by atoms with Gasteiger partial charge in [0.2, 0.25) is 0 Å². The summed E-state index contributed by atoms with van der Waals surface area (Å²) in [4.78, 5) is 12.9. The van der Waals surface area contributed by atoms with Crippen LogP contribution in [0.25, 0.3) is 10.8 Å². The number of carbonyl (C=O) groups is 1. The molecule has 0 aromatic heterocycles. The van der Waals surface area contributed by atoms with Crippen LogP contribution in [0.3, 0.4) is 0 Å². The summed E-state index contributed by atoms with van der Waals surface area (Å²) >= 11 is 0. The molecule has 0 aliphatic rings. The van der Waals surface area contributed by atoms with Crippen molar-refractivity contribution in [2.45, 2.75) is 32.9 Å². The minimum absolute atomic E-state index is 0.0505. The number of hydrogen-bond donors (Lipinski definition) is 2. The van der Waals surface area contributed by atoms with E-state index < -0.39 is 5.97 Å². The SMILES string of the molecule is CC(C)N(CC(=O)O)C(C)c1ccc2ccccc2c1O. The van der Waals surface area contributed by atoms with Gasteiger partial charge in [0.15, 0.2) is 0 Å². The lowest BCUT2D eigenvalue weighted by Crippen LogP contribution is -2.37. The van der Waals surface area contributed by atoms with Gasteiger partial charge in [-0.15, -0.1) is 0 Å². The molecule has 2 aromatic carbocycles. The predicted molar refractivity (Wildman–Crippen MR) is 83.5 cm³/mol. The molecule has 0 fully saturated rings. The van der Waals surface area contributed by atoms with Crippen molar-refractivity contribution in [3.63, 3.8) is 0 Å². The second-order valence-corrected chi connectivity index (χ2v) is 5.56. The molecule has 0 heterocycles. The quantitative estimate of drug-likeness (QED) is 0.884. The molecule has 112 valence electrons. The monoisotopic (exact) mass is 287 g/mol. The lowest BCUT2D eigenvalue weighted by atomic mass is 9.99. The summed E-state index contributed by atoms with van der Waals surface area (Å²) < 4.78 is 0. The molecule has 4 heteroatoms. The number of phenolic OH excluding ortho intramolecular Hbond substituents is 1. The van der Waals surface area contributed by atoms with Gasteiger partial charge < -0.3 is 10.2 Å². The van der Waals surface area contributed by atoms with E-state index in [1.807, 2.05) is 62.1 Å². The fraction of sp³-hybridized carbons (Fsp3) is 0.353. The normalized spacial score (nSPS) is 13.0. The van der Waals surface area contributed by atoms with Crippen LogP contribution in [-0.2, 0) is 4.79 Å². The first kappa shape index (κ1) is 15.3. The highest BCUT2D eigenvalue weighted by molar-refractivity contribution is 5.89. The van der Waals surface area contributed by atoms with Gasteiger partial charge in [-0.05, 0) is 26.2 Å². The number of rotatable bonds is 5. The van der Waals surface area contributed by atoms with Crippen LogP contribution in [0.4, 0.5) is 0 Å². The molecule has 4 nitrogen and oxygen atoms in total. The molecule has 0 amide bonds. The van der Waals surface area contributed by atoms with Gasteiger partial charge in [-0.3, -0.25) is 9.69 Å². The number of nitrogens with zero attached hydrogens (tertiary/aromatic N) is 1. The van der Waals surface area contributed by atoms with E-state index in [2.05, 4.69) is 0 Å². The first-order valence-corrected chi connectivity index (χ1v) is 7.10. The van der Waals surface area contributed by atoms with Gasteiger partial charge in [0.25, 0.3) is 0 Å². The Labute approximate surface area is 124 Å². The summed E-state index contributed by atoms with van der Waals surface area (Å²) in [7, 11) is 0. The van der Waals surface area contributed by atoms with E-state index in [0.29, 0.717) is 0 Å². The van der Waals surface area contributed by atoms with Gasteiger partial charge >= 0.3 is 5.97 Å². The standard InChI is InChI=1S/C17H21NO3/c1-11(2)18(10-16(19)20)12(3)14-9-8-13-6-4-5-7-15(13)17(14)21/h4-9,11-12,21H,10H2,1-3H3,(H,19,20). The van der Waals surface area contributed by atoms with E-state index in [9.17, 15) is 9.90 Å². The molecule has 0 saturated carbocycles. The Hall–Kier alpha value is -2.07. The molecular weight excluding hydrogens is 266 g/mol. The van der Waals surface area contributed by atoms with Crippen molar-refractivity contribution in [3.8, 4) is 5.75 Å². The van der Waals surface area contributed by atoms with E-state index in [1.54, 1.807) is 0 Å². The summed E-state index contributed by atoms with van der Waals surface area (Å²) in [5, 5.41) is 21.3. The summed E-state index contributed by atoms with van der Waals surface area (Å²) in [6.45, 7) is 5.78. The zero-order valence-corrected chi connectivity index (χ0v) is 12.6. The molecule has 2 rings (SSSR count). The van der Waals surface area contributed by atoms with Gasteiger partial charge in [0.05, 0.1) is 6.54 Å². The van der Waals surface area contributed by atoms with E-state index in [-0.39, 0.29) is 24.4 Å². The Morgan fingerprint density at radius 2 is 1.81 bits per heavy atom. The zero-order valence-electron chi connectivity index (χ0n) is 12.6. The average molecular weight is 287 g/mol. The molecule has 21 heavy (non-hydrogen) atoms. The number of phenols is 1. The molecule has 0 saturated heterocycles. The Bertz CT molecular complexity index is 652. The van der Waals surface area contributed by atoms with Crippen LogP contribution >= 0.6 is 0 Å². The number of aromatic hydroxyl groups is 1. The molecule has 2 aromatic rings. The van der Waals surface area contributed by atoms with Crippen LogP contribution in [-0.4, -0.2) is 33.7 Å². The van der Waals surface area contributed by atoms with Crippen molar-refractivity contribution >= 4 is 16.7 Å². The van der Waals surface area contributed by atoms with E-state index in [4.69, 9.17) is 5.11 Å². The third-order valence-electron chi connectivity index (χ3n) is 3.86. The predicted octanol–water partition coefficient (Wildman–Crippen LogP) is 3.40. The maximum atomic E-state index is 11.0. The highest BCUT2D eigenvalue weighted by Gasteiger charge is 2.23. The van der Waals surface area contributed by atoms with E-state index in [1.165, 1.54) is 0 Å². The van der Waals surface area contributed by atoms with Gasteiger partial charge in [0.1, 0.15) is 5.75 Å². The lowest BCUT2D eigenvalue weighted by Gasteiger charge is -2.32. The van der Waals surface area contributed by atoms with E-state index >= 15 is 0 Å². The van der Waals surface area contributed by atoms with E-state index in [0.717, 1.165) is 16.3 Å². The van der Waals surface area contributed by atoms with Crippen LogP contribution in [0, 0.1) is 0 Å². The number of carboxylic acid groups (broad SMARTS) is 1. The van der Waals surface area contributed by atoms with Crippen LogP contribution in [0.1, 0.15) is 32.4 Å². The smallest absolute Gasteiger partial charge is 0.317 e. The molecule has 0 bridgehead atoms. The van der Waals surface area contributed by atoms with Crippen molar-refractivity contribution in [1.29, 1.82) is 0 Å². The number of carboxylic acids is 1. The van der Waals surface area contributed by atoms with Crippen molar-refractivity contribution < 1.29 is 15.0 Å². The first-order valence-electron chi connectivity index (χ1n) is 7.10. The fourth-order valence-electron chi connectivity index (χ4n) is 2.71. The topological polar surface area (TPSA) is 60.8 Å². The molecule has 1 atom stereocenters. The highest BCUT2D eigenvalue weighted by Crippen LogP contribution is 2.35. The van der Waals surface area contributed by atoms with Gasteiger partial charge in [-0.25, -0.2) is 0 Å². The minimum Gasteiger partial charge on any atom is -0.507 e. The number of benzene rings is 2. The molecule has 0 radical (unpaired) electrons. The Balaban J connectivity index is 2.44. The summed E-state index contributed by atoms with van der Waals surface area (Å²) in [6, 6.07) is 11.4. The number of aliphatic carboxylic acids is 1. The minimum atomic E-state index is -0.865. The molecule has 2 N–H and O–H groups in total. The Morgan fingerprint density at radius 3 is 2.43 bits per heavy atom. The average Bonchev–Trinajstić information content (AvgIpc) is 2.44. The fourth-order valence-corrected chi connectivity index (χ4v) is 2.71. The molecular formula is C17H21NO3. The van der Waals surface area contributed by atoms with Crippen molar-refractivity contribution in [2.75, 3.05) is 6.54 Å². The maximum absolute atomic E-state index is 11.0. The third kappa shape index (κ3) is 3.16. The maximum Gasteiger partial charge on any atom is 0.317 e. The van der Waals surface area contributed by atoms with Crippen LogP contribution in [0.2, 0.25) is 0 Å².